The van der Waals surface area contributed by atoms with Crippen LogP contribution >= 0.6 is 0 Å². The molecule has 3 rings (SSSR count). The van der Waals surface area contributed by atoms with Crippen LogP contribution in [0.3, 0.4) is 0 Å². The van der Waals surface area contributed by atoms with Crippen LogP contribution in [0.4, 0.5) is 4.79 Å². The van der Waals surface area contributed by atoms with Gasteiger partial charge in [-0.1, -0.05) is 61.5 Å². The quantitative estimate of drug-likeness (QED) is 0.691. The number of nitriles is 1. The third-order valence-electron chi connectivity index (χ3n) is 5.58. The Labute approximate surface area is 187 Å². The maximum absolute atomic E-state index is 13.2. The highest BCUT2D eigenvalue weighted by atomic mass is 16.6. The molecule has 166 valence electrons. The lowest BCUT2D eigenvalue weighted by Gasteiger charge is -2.36. The summed E-state index contributed by atoms with van der Waals surface area (Å²) in [5.74, 6) is -1.70. The largest absolute Gasteiger partial charge is 0.445 e. The zero-order valence-corrected chi connectivity index (χ0v) is 17.9. The number of nitrogens with two attached hydrogens (primary N) is 1. The van der Waals surface area contributed by atoms with Gasteiger partial charge in [-0.15, -0.1) is 0 Å². The molecule has 0 radical (unpaired) electrons. The standard InChI is InChI=1S/C24H26N4O4/c1-16(11-12-25)21(22(26)29)27-23(30)20-13-18-9-5-6-10-19(18)14-28(20)24(31)32-15-17-7-3-2-4-8-17/h2-10,16,20-21H,11,13-15H2,1H3,(H2,26,29)(H,27,30)/t16-,20+,21-/m1/s1. The van der Waals surface area contributed by atoms with Gasteiger partial charge in [0.15, 0.2) is 0 Å². The first kappa shape index (κ1) is 22.8. The number of hydrogen-bond acceptors (Lipinski definition) is 5. The van der Waals surface area contributed by atoms with Crippen LogP contribution in [0.2, 0.25) is 0 Å². The number of nitrogens with zero attached hydrogens (tertiary/aromatic N) is 2. The Morgan fingerprint density at radius 2 is 1.81 bits per heavy atom. The molecule has 3 amide bonds. The highest BCUT2D eigenvalue weighted by Gasteiger charge is 2.37. The second-order valence-electron chi connectivity index (χ2n) is 7.88. The predicted octanol–water partition coefficient (Wildman–Crippen LogP) is 2.27. The molecule has 0 saturated carbocycles. The number of carbonyl (C=O) groups is 3. The Balaban J connectivity index is 1.79. The van der Waals surface area contributed by atoms with E-state index in [1.165, 1.54) is 4.90 Å². The van der Waals surface area contributed by atoms with Crippen molar-refractivity contribution in [3.8, 4) is 6.07 Å². The smallest absolute Gasteiger partial charge is 0.411 e. The molecule has 3 N–H and O–H groups in total. The molecule has 2 aromatic carbocycles. The molecule has 32 heavy (non-hydrogen) atoms. The molecule has 1 aliphatic heterocycles. The van der Waals surface area contributed by atoms with E-state index in [2.05, 4.69) is 5.32 Å². The molecule has 0 aromatic heterocycles. The second-order valence-corrected chi connectivity index (χ2v) is 7.88. The SMILES string of the molecule is C[C@H](CC#N)[C@@H](NC(=O)[C@@H]1Cc2ccccc2CN1C(=O)OCc1ccccc1)C(N)=O. The van der Waals surface area contributed by atoms with Crippen molar-refractivity contribution in [3.05, 3.63) is 71.3 Å². The van der Waals surface area contributed by atoms with Crippen molar-refractivity contribution in [1.29, 1.82) is 5.26 Å². The van der Waals surface area contributed by atoms with Crippen molar-refractivity contribution in [2.45, 2.75) is 45.0 Å². The van der Waals surface area contributed by atoms with Crippen molar-refractivity contribution in [2.24, 2.45) is 11.7 Å². The predicted molar refractivity (Wildman–Crippen MR) is 117 cm³/mol. The van der Waals surface area contributed by atoms with Crippen LogP contribution in [0.5, 0.6) is 0 Å². The molecule has 0 fully saturated rings. The van der Waals surface area contributed by atoms with Gasteiger partial charge in [0.25, 0.3) is 0 Å². The summed E-state index contributed by atoms with van der Waals surface area (Å²) < 4.78 is 5.47. The summed E-state index contributed by atoms with van der Waals surface area (Å²) in [7, 11) is 0. The minimum atomic E-state index is -1.01. The lowest BCUT2D eigenvalue weighted by atomic mass is 9.92. The van der Waals surface area contributed by atoms with Gasteiger partial charge in [0, 0.05) is 12.8 Å². The molecule has 3 atom stereocenters. The maximum atomic E-state index is 13.2. The minimum Gasteiger partial charge on any atom is -0.445 e. The summed E-state index contributed by atoms with van der Waals surface area (Å²) in [6, 6.07) is 16.9. The van der Waals surface area contributed by atoms with Gasteiger partial charge in [0.2, 0.25) is 11.8 Å². The van der Waals surface area contributed by atoms with Gasteiger partial charge >= 0.3 is 6.09 Å². The summed E-state index contributed by atoms with van der Waals surface area (Å²) in [5, 5.41) is 11.6. The molecule has 0 spiro atoms. The molecule has 0 unspecified atom stereocenters. The zero-order valence-electron chi connectivity index (χ0n) is 17.9. The first-order valence-corrected chi connectivity index (χ1v) is 10.4. The van der Waals surface area contributed by atoms with E-state index in [0.717, 1.165) is 16.7 Å². The molecule has 0 bridgehead atoms. The van der Waals surface area contributed by atoms with Crippen molar-refractivity contribution >= 4 is 17.9 Å². The average molecular weight is 434 g/mol. The van der Waals surface area contributed by atoms with E-state index < -0.39 is 35.9 Å². The summed E-state index contributed by atoms with van der Waals surface area (Å²) >= 11 is 0. The van der Waals surface area contributed by atoms with Gasteiger partial charge in [0.05, 0.1) is 12.6 Å². The zero-order chi connectivity index (χ0) is 23.1. The van der Waals surface area contributed by atoms with E-state index in [9.17, 15) is 14.4 Å². The molecule has 1 heterocycles. The molecule has 1 aliphatic rings. The van der Waals surface area contributed by atoms with E-state index in [-0.39, 0.29) is 26.0 Å². The molecule has 8 heteroatoms. The molecule has 8 nitrogen and oxygen atoms in total. The second kappa shape index (κ2) is 10.4. The van der Waals surface area contributed by atoms with E-state index in [0.29, 0.717) is 0 Å². The fourth-order valence-corrected chi connectivity index (χ4v) is 3.76. The number of ether oxygens (including phenoxy) is 1. The summed E-state index contributed by atoms with van der Waals surface area (Å²) in [4.78, 5) is 39.4. The van der Waals surface area contributed by atoms with Crippen molar-refractivity contribution in [2.75, 3.05) is 0 Å². The Bertz CT molecular complexity index is 1020. The third-order valence-corrected chi connectivity index (χ3v) is 5.58. The average Bonchev–Trinajstić information content (AvgIpc) is 2.80. The number of carbonyl (C=O) groups excluding carboxylic acids is 3. The Hall–Kier alpha value is -3.86. The molecular formula is C24H26N4O4. The molecule has 2 aromatic rings. The van der Waals surface area contributed by atoms with Gasteiger partial charge in [0.1, 0.15) is 18.7 Å². The lowest BCUT2D eigenvalue weighted by molar-refractivity contribution is -0.131. The van der Waals surface area contributed by atoms with Crippen LogP contribution in [-0.2, 0) is 33.9 Å². The van der Waals surface area contributed by atoms with Crippen molar-refractivity contribution in [1.82, 2.24) is 10.2 Å². The summed E-state index contributed by atoms with van der Waals surface area (Å²) in [6.45, 7) is 1.95. The van der Waals surface area contributed by atoms with Gasteiger partial charge in [-0.3, -0.25) is 14.5 Å². The Kier molecular flexibility index (Phi) is 7.45. The van der Waals surface area contributed by atoms with E-state index >= 15 is 0 Å². The highest BCUT2D eigenvalue weighted by molar-refractivity contribution is 5.91. The Morgan fingerprint density at radius 3 is 2.47 bits per heavy atom. The fraction of sp³-hybridized carbons (Fsp3) is 0.333. The number of amides is 3. The molecule has 0 saturated heterocycles. The molecular weight excluding hydrogens is 408 g/mol. The monoisotopic (exact) mass is 434 g/mol. The molecule has 0 aliphatic carbocycles. The number of hydrogen-bond donors (Lipinski definition) is 2. The lowest BCUT2D eigenvalue weighted by Crippen LogP contribution is -2.57. The number of rotatable bonds is 7. The topological polar surface area (TPSA) is 126 Å². The van der Waals surface area contributed by atoms with E-state index in [4.69, 9.17) is 15.7 Å². The van der Waals surface area contributed by atoms with E-state index in [1.54, 1.807) is 6.92 Å². The van der Waals surface area contributed by atoms with Gasteiger partial charge in [-0.2, -0.15) is 5.26 Å². The van der Waals surface area contributed by atoms with Gasteiger partial charge in [-0.05, 0) is 22.6 Å². The summed E-state index contributed by atoms with van der Waals surface area (Å²) in [5.41, 5.74) is 8.17. The minimum absolute atomic E-state index is 0.0597. The number of fused-ring (bicyclic) bond motifs is 1. The van der Waals surface area contributed by atoms with Gasteiger partial charge < -0.3 is 15.8 Å². The van der Waals surface area contributed by atoms with Crippen LogP contribution in [-0.4, -0.2) is 34.9 Å². The van der Waals surface area contributed by atoms with Crippen LogP contribution in [0.15, 0.2) is 54.6 Å². The van der Waals surface area contributed by atoms with Crippen molar-refractivity contribution in [3.63, 3.8) is 0 Å². The van der Waals surface area contributed by atoms with Crippen LogP contribution in [0, 0.1) is 17.2 Å². The highest BCUT2D eigenvalue weighted by Crippen LogP contribution is 2.25. The first-order valence-electron chi connectivity index (χ1n) is 10.4. The summed E-state index contributed by atoms with van der Waals surface area (Å²) in [6.07, 6.45) is -0.283. The van der Waals surface area contributed by atoms with Crippen LogP contribution in [0.25, 0.3) is 0 Å². The van der Waals surface area contributed by atoms with Crippen LogP contribution in [0.1, 0.15) is 30.0 Å². The maximum Gasteiger partial charge on any atom is 0.411 e. The van der Waals surface area contributed by atoms with Crippen molar-refractivity contribution < 1.29 is 19.1 Å². The van der Waals surface area contributed by atoms with E-state index in [1.807, 2.05) is 60.7 Å². The van der Waals surface area contributed by atoms with Gasteiger partial charge in [-0.25, -0.2) is 4.79 Å². The fourth-order valence-electron chi connectivity index (χ4n) is 3.76. The number of primary amides is 1. The number of benzene rings is 2. The van der Waals surface area contributed by atoms with Crippen LogP contribution < -0.4 is 11.1 Å². The first-order chi connectivity index (χ1) is 15.4. The normalized spacial score (nSPS) is 16.8. The Morgan fingerprint density at radius 1 is 1.16 bits per heavy atom. The number of nitrogens with one attached hydrogen (secondary N) is 1. The third kappa shape index (κ3) is 5.43.